The summed E-state index contributed by atoms with van der Waals surface area (Å²) < 4.78 is 5.35. The van der Waals surface area contributed by atoms with Gasteiger partial charge in [-0.1, -0.05) is 23.2 Å². The molecular formula is C21H21Cl2N3O2. The summed E-state index contributed by atoms with van der Waals surface area (Å²) in [5.41, 5.74) is 5.34. The molecule has 146 valence electrons. The summed E-state index contributed by atoms with van der Waals surface area (Å²) >= 11 is 12.6. The third kappa shape index (κ3) is 3.62. The van der Waals surface area contributed by atoms with E-state index in [2.05, 4.69) is 16.0 Å². The highest BCUT2D eigenvalue weighted by Gasteiger charge is 2.22. The Kier molecular flexibility index (Phi) is 5.32. The second-order valence-corrected chi connectivity index (χ2v) is 7.89. The summed E-state index contributed by atoms with van der Waals surface area (Å²) in [6.45, 7) is 6.35. The van der Waals surface area contributed by atoms with Gasteiger partial charge in [0.25, 0.3) is 5.91 Å². The fourth-order valence-corrected chi connectivity index (χ4v) is 4.20. The molecule has 7 heteroatoms. The number of pyridine rings is 1. The standard InChI is InChI=1S/C21H21Cl2N3O2/c1-12-9-19(23)25-20-16(12)10-14(24-20)11-17-13(2)15(3-4-18(17)22)21(27)26-5-7-28-8-6-26/h3-4,9-10H,5-8,11H2,1-2H3,(H,24,25). The summed E-state index contributed by atoms with van der Waals surface area (Å²) in [6, 6.07) is 7.54. The average molecular weight is 418 g/mol. The number of hydrogen-bond acceptors (Lipinski definition) is 3. The minimum Gasteiger partial charge on any atom is -0.378 e. The number of amides is 1. The van der Waals surface area contributed by atoms with Crippen molar-refractivity contribution in [2.45, 2.75) is 20.3 Å². The molecule has 1 amide bonds. The monoisotopic (exact) mass is 417 g/mol. The lowest BCUT2D eigenvalue weighted by Crippen LogP contribution is -2.41. The molecule has 28 heavy (non-hydrogen) atoms. The van der Waals surface area contributed by atoms with Gasteiger partial charge in [0.05, 0.1) is 13.2 Å². The third-order valence-electron chi connectivity index (χ3n) is 5.27. The van der Waals surface area contributed by atoms with Crippen molar-refractivity contribution in [3.05, 3.63) is 62.4 Å². The fraction of sp³-hybridized carbons (Fsp3) is 0.333. The average Bonchev–Trinajstić information content (AvgIpc) is 3.08. The fourth-order valence-electron chi connectivity index (χ4n) is 3.68. The number of aryl methyl sites for hydroxylation is 1. The number of nitrogens with one attached hydrogen (secondary N) is 1. The van der Waals surface area contributed by atoms with Crippen molar-refractivity contribution in [2.24, 2.45) is 0 Å². The normalized spacial score (nSPS) is 14.6. The van der Waals surface area contributed by atoms with Gasteiger partial charge in [0.1, 0.15) is 10.8 Å². The highest BCUT2D eigenvalue weighted by molar-refractivity contribution is 6.31. The van der Waals surface area contributed by atoms with Gasteiger partial charge in [-0.15, -0.1) is 0 Å². The van der Waals surface area contributed by atoms with Crippen molar-refractivity contribution in [3.8, 4) is 0 Å². The highest BCUT2D eigenvalue weighted by atomic mass is 35.5. The largest absolute Gasteiger partial charge is 0.378 e. The zero-order valence-electron chi connectivity index (χ0n) is 15.8. The number of hydrogen-bond donors (Lipinski definition) is 1. The molecule has 3 heterocycles. The van der Waals surface area contributed by atoms with Crippen LogP contribution in [-0.4, -0.2) is 47.1 Å². The molecule has 0 unspecified atom stereocenters. The van der Waals surface area contributed by atoms with Crippen LogP contribution in [-0.2, 0) is 11.2 Å². The van der Waals surface area contributed by atoms with E-state index in [1.807, 2.05) is 30.9 Å². The number of nitrogens with zero attached hydrogens (tertiary/aromatic N) is 2. The molecule has 3 aromatic rings. The van der Waals surface area contributed by atoms with E-state index >= 15 is 0 Å². The highest BCUT2D eigenvalue weighted by Crippen LogP contribution is 2.28. The Bertz CT molecular complexity index is 1060. The number of carbonyl (C=O) groups is 1. The lowest BCUT2D eigenvalue weighted by Gasteiger charge is -2.27. The van der Waals surface area contributed by atoms with E-state index < -0.39 is 0 Å². The molecule has 0 aliphatic carbocycles. The minimum atomic E-state index is 0.0275. The predicted octanol–water partition coefficient (Wildman–Crippen LogP) is 4.55. The predicted molar refractivity (Wildman–Crippen MR) is 112 cm³/mol. The molecule has 0 atom stereocenters. The van der Waals surface area contributed by atoms with E-state index in [0.717, 1.165) is 33.4 Å². The van der Waals surface area contributed by atoms with Crippen LogP contribution in [0.4, 0.5) is 0 Å². The molecule has 0 radical (unpaired) electrons. The molecule has 1 aliphatic rings. The number of morpholine rings is 1. The first-order chi connectivity index (χ1) is 13.4. The van der Waals surface area contributed by atoms with Crippen LogP contribution in [0.3, 0.4) is 0 Å². The van der Waals surface area contributed by atoms with Gasteiger partial charge in [-0.2, -0.15) is 0 Å². The quantitative estimate of drug-likeness (QED) is 0.635. The zero-order chi connectivity index (χ0) is 19.8. The van der Waals surface area contributed by atoms with E-state index in [1.165, 1.54) is 0 Å². The van der Waals surface area contributed by atoms with Crippen molar-refractivity contribution >= 4 is 40.1 Å². The van der Waals surface area contributed by atoms with Crippen LogP contribution in [0, 0.1) is 13.8 Å². The van der Waals surface area contributed by atoms with Gasteiger partial charge in [0.2, 0.25) is 0 Å². The van der Waals surface area contributed by atoms with Crippen LogP contribution < -0.4 is 0 Å². The van der Waals surface area contributed by atoms with Gasteiger partial charge < -0.3 is 14.6 Å². The molecule has 5 nitrogen and oxygen atoms in total. The number of carbonyl (C=O) groups excluding carboxylic acids is 1. The Hall–Kier alpha value is -2.08. The smallest absolute Gasteiger partial charge is 0.254 e. The van der Waals surface area contributed by atoms with Crippen molar-refractivity contribution in [1.29, 1.82) is 0 Å². The van der Waals surface area contributed by atoms with Crippen molar-refractivity contribution in [2.75, 3.05) is 26.3 Å². The number of ether oxygens (including phenoxy) is 1. The topological polar surface area (TPSA) is 58.2 Å². The molecule has 2 aromatic heterocycles. The Morgan fingerprint density at radius 1 is 1.21 bits per heavy atom. The molecule has 0 saturated carbocycles. The van der Waals surface area contributed by atoms with Crippen molar-refractivity contribution in [3.63, 3.8) is 0 Å². The molecule has 0 spiro atoms. The second kappa shape index (κ2) is 7.74. The van der Waals surface area contributed by atoms with E-state index in [1.54, 1.807) is 6.07 Å². The van der Waals surface area contributed by atoms with Gasteiger partial charge in [0.15, 0.2) is 0 Å². The first-order valence-electron chi connectivity index (χ1n) is 9.24. The minimum absolute atomic E-state index is 0.0275. The number of aromatic amines is 1. The number of halogens is 2. The SMILES string of the molecule is Cc1c(C(=O)N2CCOCC2)ccc(Cl)c1Cc1cc2c(C)cc(Cl)nc2[nH]1. The summed E-state index contributed by atoms with van der Waals surface area (Å²) in [7, 11) is 0. The number of fused-ring (bicyclic) bond motifs is 1. The lowest BCUT2D eigenvalue weighted by molar-refractivity contribution is 0.0302. The first-order valence-corrected chi connectivity index (χ1v) is 9.99. The number of aromatic nitrogens is 2. The van der Waals surface area contributed by atoms with Crippen LogP contribution in [0.15, 0.2) is 24.3 Å². The van der Waals surface area contributed by atoms with Crippen LogP contribution in [0.1, 0.15) is 32.7 Å². The first kappa shape index (κ1) is 19.2. The van der Waals surface area contributed by atoms with E-state index in [-0.39, 0.29) is 5.91 Å². The van der Waals surface area contributed by atoms with Gasteiger partial charge in [-0.3, -0.25) is 4.79 Å². The Labute approximate surface area is 173 Å². The van der Waals surface area contributed by atoms with Crippen LogP contribution in [0.25, 0.3) is 11.0 Å². The molecule has 1 saturated heterocycles. The maximum Gasteiger partial charge on any atom is 0.254 e. The van der Waals surface area contributed by atoms with Crippen LogP contribution >= 0.6 is 23.2 Å². The second-order valence-electron chi connectivity index (χ2n) is 7.10. The van der Waals surface area contributed by atoms with Crippen molar-refractivity contribution in [1.82, 2.24) is 14.9 Å². The van der Waals surface area contributed by atoms with Gasteiger partial charge >= 0.3 is 0 Å². The van der Waals surface area contributed by atoms with Gasteiger partial charge in [-0.05, 0) is 54.8 Å². The maximum atomic E-state index is 13.0. The molecule has 0 bridgehead atoms. The Balaban J connectivity index is 1.68. The Morgan fingerprint density at radius 2 is 1.96 bits per heavy atom. The molecule has 1 aliphatic heterocycles. The Morgan fingerprint density at radius 3 is 2.71 bits per heavy atom. The van der Waals surface area contributed by atoms with Gasteiger partial charge in [-0.25, -0.2) is 4.98 Å². The number of H-pyrrole nitrogens is 1. The van der Waals surface area contributed by atoms with E-state index in [9.17, 15) is 4.79 Å². The maximum absolute atomic E-state index is 13.0. The third-order valence-corrected chi connectivity index (χ3v) is 5.82. The molecule has 1 N–H and O–H groups in total. The number of rotatable bonds is 3. The van der Waals surface area contributed by atoms with Gasteiger partial charge in [0, 0.05) is 41.2 Å². The molecule has 1 aromatic carbocycles. The van der Waals surface area contributed by atoms with Crippen LogP contribution in [0.5, 0.6) is 0 Å². The summed E-state index contributed by atoms with van der Waals surface area (Å²) in [4.78, 5) is 22.5. The molecular weight excluding hydrogens is 397 g/mol. The molecule has 4 rings (SSSR count). The van der Waals surface area contributed by atoms with Crippen molar-refractivity contribution < 1.29 is 9.53 Å². The number of benzene rings is 1. The summed E-state index contributed by atoms with van der Waals surface area (Å²) in [6.07, 6.45) is 0.586. The van der Waals surface area contributed by atoms with E-state index in [0.29, 0.717) is 48.5 Å². The zero-order valence-corrected chi connectivity index (χ0v) is 17.3. The molecule has 1 fully saturated rings. The summed E-state index contributed by atoms with van der Waals surface area (Å²) in [5, 5.41) is 2.15. The van der Waals surface area contributed by atoms with Crippen LogP contribution in [0.2, 0.25) is 10.2 Å². The lowest BCUT2D eigenvalue weighted by atomic mass is 9.97. The van der Waals surface area contributed by atoms with E-state index in [4.69, 9.17) is 27.9 Å². The summed E-state index contributed by atoms with van der Waals surface area (Å²) in [5.74, 6) is 0.0275.